The highest BCUT2D eigenvalue weighted by atomic mass is 16.7. The third-order valence-electron chi connectivity index (χ3n) is 5.76. The van der Waals surface area contributed by atoms with Crippen molar-refractivity contribution < 1.29 is 9.47 Å². The first-order valence-electron chi connectivity index (χ1n) is 8.89. The lowest BCUT2D eigenvalue weighted by atomic mass is 9.68. The lowest BCUT2D eigenvalue weighted by Crippen LogP contribution is -2.33. The van der Waals surface area contributed by atoms with Crippen molar-refractivity contribution in [1.82, 2.24) is 4.98 Å². The van der Waals surface area contributed by atoms with Crippen LogP contribution in [0.1, 0.15) is 28.8 Å². The van der Waals surface area contributed by atoms with Crippen LogP contribution < -0.4 is 9.47 Å². The van der Waals surface area contributed by atoms with Crippen LogP contribution in [0.4, 0.5) is 0 Å². The molecule has 0 fully saturated rings. The van der Waals surface area contributed by atoms with Gasteiger partial charge in [0.05, 0.1) is 17.0 Å². The highest BCUT2D eigenvalue weighted by Crippen LogP contribution is 2.42. The third kappa shape index (κ3) is 2.10. The third-order valence-corrected chi connectivity index (χ3v) is 5.76. The SMILES string of the molecule is Cc1c2c(nc3cc4c(cc13)OCO4)CC[C@@](C#N)(c1ccccc1)C2. The second-order valence-electron chi connectivity index (χ2n) is 7.12. The number of ether oxygens (including phenoxy) is 2. The van der Waals surface area contributed by atoms with Gasteiger partial charge in [-0.05, 0) is 48.9 Å². The number of aromatic nitrogens is 1. The molecule has 2 heterocycles. The fourth-order valence-electron chi connectivity index (χ4n) is 4.24. The molecule has 2 aliphatic rings. The van der Waals surface area contributed by atoms with Crippen LogP contribution in [0.2, 0.25) is 0 Å². The highest BCUT2D eigenvalue weighted by molar-refractivity contribution is 5.87. The van der Waals surface area contributed by atoms with E-state index in [1.807, 2.05) is 30.3 Å². The van der Waals surface area contributed by atoms with E-state index in [0.29, 0.717) is 6.42 Å². The summed E-state index contributed by atoms with van der Waals surface area (Å²) >= 11 is 0. The minimum absolute atomic E-state index is 0.260. The molecule has 0 N–H and O–H groups in total. The fourth-order valence-corrected chi connectivity index (χ4v) is 4.24. The Morgan fingerprint density at radius 3 is 2.65 bits per heavy atom. The lowest BCUT2D eigenvalue weighted by molar-refractivity contribution is 0.174. The van der Waals surface area contributed by atoms with Crippen molar-refractivity contribution in [3.05, 3.63) is 64.8 Å². The van der Waals surface area contributed by atoms with E-state index in [0.717, 1.165) is 46.5 Å². The quantitative estimate of drug-likeness (QED) is 0.664. The molecule has 0 saturated carbocycles. The molecule has 2 aromatic carbocycles. The van der Waals surface area contributed by atoms with Gasteiger partial charge in [-0.1, -0.05) is 30.3 Å². The van der Waals surface area contributed by atoms with Crippen LogP contribution in [0.3, 0.4) is 0 Å². The predicted octanol–water partition coefficient (Wildman–Crippen LogP) is 4.22. The zero-order valence-electron chi connectivity index (χ0n) is 14.6. The Balaban J connectivity index is 1.68. The first-order valence-corrected chi connectivity index (χ1v) is 8.89. The Morgan fingerprint density at radius 2 is 1.88 bits per heavy atom. The Hall–Kier alpha value is -3.06. The molecular weight excluding hydrogens is 324 g/mol. The van der Waals surface area contributed by atoms with Gasteiger partial charge in [0.2, 0.25) is 6.79 Å². The summed E-state index contributed by atoms with van der Waals surface area (Å²) in [4.78, 5) is 4.90. The summed E-state index contributed by atoms with van der Waals surface area (Å²) in [7, 11) is 0. The molecule has 3 aromatic rings. The summed E-state index contributed by atoms with van der Waals surface area (Å²) in [6.07, 6.45) is 2.30. The van der Waals surface area contributed by atoms with Crippen LogP contribution in [0.5, 0.6) is 11.5 Å². The van der Waals surface area contributed by atoms with E-state index >= 15 is 0 Å². The molecule has 0 saturated heterocycles. The minimum atomic E-state index is -0.481. The first kappa shape index (κ1) is 15.2. The summed E-state index contributed by atoms with van der Waals surface area (Å²) < 4.78 is 11.0. The van der Waals surface area contributed by atoms with Gasteiger partial charge in [-0.15, -0.1) is 0 Å². The molecule has 4 heteroatoms. The van der Waals surface area contributed by atoms with Crippen molar-refractivity contribution in [2.75, 3.05) is 6.79 Å². The van der Waals surface area contributed by atoms with Gasteiger partial charge in [0, 0.05) is 17.1 Å². The Labute approximate surface area is 152 Å². The van der Waals surface area contributed by atoms with Gasteiger partial charge in [0.1, 0.15) is 0 Å². The average Bonchev–Trinajstić information content (AvgIpc) is 3.15. The molecule has 26 heavy (non-hydrogen) atoms. The largest absolute Gasteiger partial charge is 0.454 e. The van der Waals surface area contributed by atoms with E-state index < -0.39 is 5.41 Å². The van der Waals surface area contributed by atoms with Gasteiger partial charge < -0.3 is 9.47 Å². The number of nitrogens with zero attached hydrogens (tertiary/aromatic N) is 2. The molecule has 0 spiro atoms. The number of hydrogen-bond acceptors (Lipinski definition) is 4. The van der Waals surface area contributed by atoms with Crippen molar-refractivity contribution in [1.29, 1.82) is 5.26 Å². The van der Waals surface area contributed by atoms with Gasteiger partial charge in [-0.2, -0.15) is 5.26 Å². The van der Waals surface area contributed by atoms with Crippen LogP contribution in [0.15, 0.2) is 42.5 Å². The maximum Gasteiger partial charge on any atom is 0.231 e. The molecule has 0 radical (unpaired) electrons. The van der Waals surface area contributed by atoms with Gasteiger partial charge in [0.15, 0.2) is 11.5 Å². The lowest BCUT2D eigenvalue weighted by Gasteiger charge is -2.33. The topological polar surface area (TPSA) is 55.1 Å². The van der Waals surface area contributed by atoms with Crippen LogP contribution in [-0.4, -0.2) is 11.8 Å². The van der Waals surface area contributed by atoms with Crippen LogP contribution in [0.25, 0.3) is 10.9 Å². The van der Waals surface area contributed by atoms with Crippen molar-refractivity contribution >= 4 is 10.9 Å². The molecular formula is C22H18N2O2. The number of hydrogen-bond donors (Lipinski definition) is 0. The molecule has 1 aliphatic carbocycles. The monoisotopic (exact) mass is 342 g/mol. The smallest absolute Gasteiger partial charge is 0.231 e. The van der Waals surface area contributed by atoms with E-state index in [9.17, 15) is 5.26 Å². The molecule has 0 bridgehead atoms. The number of pyridine rings is 1. The highest BCUT2D eigenvalue weighted by Gasteiger charge is 2.38. The van der Waals surface area contributed by atoms with Crippen molar-refractivity contribution in [2.45, 2.75) is 31.6 Å². The van der Waals surface area contributed by atoms with Crippen LogP contribution in [0, 0.1) is 18.3 Å². The Kier molecular flexibility index (Phi) is 3.20. The maximum atomic E-state index is 10.0. The fraction of sp³-hybridized carbons (Fsp3) is 0.273. The normalized spacial score (nSPS) is 20.6. The first-order chi connectivity index (χ1) is 12.7. The van der Waals surface area contributed by atoms with Gasteiger partial charge >= 0.3 is 0 Å². The second kappa shape index (κ2) is 5.47. The van der Waals surface area contributed by atoms with Gasteiger partial charge in [0.25, 0.3) is 0 Å². The molecule has 128 valence electrons. The zero-order valence-corrected chi connectivity index (χ0v) is 14.6. The van der Waals surface area contributed by atoms with E-state index in [2.05, 4.69) is 25.1 Å². The maximum absolute atomic E-state index is 10.0. The van der Waals surface area contributed by atoms with E-state index in [4.69, 9.17) is 14.5 Å². The van der Waals surface area contributed by atoms with Gasteiger partial charge in [-0.25, -0.2) is 0 Å². The summed E-state index contributed by atoms with van der Waals surface area (Å²) in [5.74, 6) is 1.53. The second-order valence-corrected chi connectivity index (χ2v) is 7.12. The zero-order chi connectivity index (χ0) is 17.7. The van der Waals surface area contributed by atoms with E-state index in [1.54, 1.807) is 0 Å². The summed E-state index contributed by atoms with van der Waals surface area (Å²) in [6.45, 7) is 2.39. The molecule has 1 aliphatic heterocycles. The minimum Gasteiger partial charge on any atom is -0.454 e. The molecule has 1 atom stereocenters. The Bertz CT molecular complexity index is 1070. The van der Waals surface area contributed by atoms with Crippen LogP contribution in [-0.2, 0) is 18.3 Å². The summed E-state index contributed by atoms with van der Waals surface area (Å²) in [6, 6.07) is 16.8. The number of rotatable bonds is 1. The average molecular weight is 342 g/mol. The summed E-state index contributed by atoms with van der Waals surface area (Å²) in [5, 5.41) is 11.1. The van der Waals surface area contributed by atoms with E-state index in [-0.39, 0.29) is 6.79 Å². The predicted molar refractivity (Wildman–Crippen MR) is 98.4 cm³/mol. The molecule has 0 unspecified atom stereocenters. The molecule has 0 amide bonds. The molecule has 1 aromatic heterocycles. The van der Waals surface area contributed by atoms with Crippen molar-refractivity contribution in [2.24, 2.45) is 0 Å². The number of benzene rings is 2. The van der Waals surface area contributed by atoms with Crippen molar-refractivity contribution in [3.63, 3.8) is 0 Å². The van der Waals surface area contributed by atoms with Crippen molar-refractivity contribution in [3.8, 4) is 17.6 Å². The summed E-state index contributed by atoms with van der Waals surface area (Å²) in [5.41, 5.74) is 5.06. The van der Waals surface area contributed by atoms with Crippen LogP contribution >= 0.6 is 0 Å². The standard InChI is InChI=1S/C22H18N2O2/c1-14-16-9-20-21(26-13-25-20)10-19(16)24-18-7-8-22(12-23,11-17(14)18)15-5-3-2-4-6-15/h2-6,9-10H,7-8,11,13H2,1H3/t22-/m1/s1. The number of nitriles is 1. The Morgan fingerprint density at radius 1 is 1.12 bits per heavy atom. The number of aryl methyl sites for hydroxylation is 2. The molecule has 4 nitrogen and oxygen atoms in total. The van der Waals surface area contributed by atoms with E-state index in [1.165, 1.54) is 11.1 Å². The van der Waals surface area contributed by atoms with Gasteiger partial charge in [-0.3, -0.25) is 4.98 Å². The molecule has 5 rings (SSSR count). The number of fused-ring (bicyclic) bond motifs is 3.